The van der Waals surface area contributed by atoms with Gasteiger partial charge in [-0.2, -0.15) is 0 Å². The van der Waals surface area contributed by atoms with Gasteiger partial charge in [0.15, 0.2) is 0 Å². The molecule has 9 heteroatoms. The number of hydrogen-bond donors (Lipinski definition) is 1. The fraction of sp³-hybridized carbons (Fsp3) is 0.429. The highest BCUT2D eigenvalue weighted by molar-refractivity contribution is 5.55. The van der Waals surface area contributed by atoms with Crippen LogP contribution in [-0.4, -0.2) is 21.1 Å². The summed E-state index contributed by atoms with van der Waals surface area (Å²) in [6.07, 6.45) is 0. The van der Waals surface area contributed by atoms with Gasteiger partial charge < -0.3 is 0 Å². The Hall–Kier alpha value is -2.16. The van der Waals surface area contributed by atoms with Crippen LogP contribution in [0.15, 0.2) is 9.59 Å². The van der Waals surface area contributed by atoms with Crippen LogP contribution in [0.4, 0.5) is 11.5 Å². The van der Waals surface area contributed by atoms with Crippen LogP contribution in [0, 0.1) is 10.1 Å². The van der Waals surface area contributed by atoms with Gasteiger partial charge in [-0.1, -0.05) is 0 Å². The molecule has 0 saturated carbocycles. The van der Waals surface area contributed by atoms with Crippen molar-refractivity contribution < 1.29 is 4.92 Å². The third-order valence-electron chi connectivity index (χ3n) is 2.13. The summed E-state index contributed by atoms with van der Waals surface area (Å²) in [4.78, 5) is 32.9. The molecule has 1 aromatic heterocycles. The van der Waals surface area contributed by atoms with Gasteiger partial charge >= 0.3 is 16.9 Å². The molecule has 0 unspecified atom stereocenters. The SMILES string of the molecule is CN(N)c1c([N+](=O)[O-])c(=O)n(C)c(=O)n1C. The molecule has 16 heavy (non-hydrogen) atoms. The molecule has 9 nitrogen and oxygen atoms in total. The van der Waals surface area contributed by atoms with Crippen molar-refractivity contribution in [2.45, 2.75) is 0 Å². The minimum Gasteiger partial charge on any atom is -0.293 e. The summed E-state index contributed by atoms with van der Waals surface area (Å²) in [7, 11) is 3.77. The molecule has 0 bridgehead atoms. The van der Waals surface area contributed by atoms with Crippen molar-refractivity contribution in [1.82, 2.24) is 9.13 Å². The molecule has 0 aromatic carbocycles. The Labute approximate surface area is 89.4 Å². The summed E-state index contributed by atoms with van der Waals surface area (Å²) in [5, 5.41) is 11.6. The van der Waals surface area contributed by atoms with E-state index in [9.17, 15) is 19.7 Å². The highest BCUT2D eigenvalue weighted by Crippen LogP contribution is 2.17. The molecular formula is C7H11N5O4. The molecule has 88 valence electrons. The molecule has 0 aliphatic carbocycles. The van der Waals surface area contributed by atoms with Crippen LogP contribution in [0.1, 0.15) is 0 Å². The van der Waals surface area contributed by atoms with E-state index < -0.39 is 21.9 Å². The van der Waals surface area contributed by atoms with E-state index in [0.29, 0.717) is 4.57 Å². The van der Waals surface area contributed by atoms with E-state index in [4.69, 9.17) is 5.84 Å². The van der Waals surface area contributed by atoms with Gasteiger partial charge in [0.05, 0.1) is 4.92 Å². The fourth-order valence-corrected chi connectivity index (χ4v) is 1.38. The Bertz CT molecular complexity index is 555. The van der Waals surface area contributed by atoms with Crippen LogP contribution in [0.25, 0.3) is 0 Å². The standard InChI is InChI=1S/C7H11N5O4/c1-9-5(11(3)8)4(12(15)16)6(13)10(2)7(9)14/h8H2,1-3H3. The summed E-state index contributed by atoms with van der Waals surface area (Å²) < 4.78 is 1.60. The molecule has 1 rings (SSSR count). The summed E-state index contributed by atoms with van der Waals surface area (Å²) in [5.41, 5.74) is -2.39. The van der Waals surface area contributed by atoms with Crippen LogP contribution in [0.5, 0.6) is 0 Å². The van der Waals surface area contributed by atoms with Gasteiger partial charge in [0.1, 0.15) is 0 Å². The molecule has 0 aliphatic rings. The first-order valence-corrected chi connectivity index (χ1v) is 4.21. The molecule has 0 aliphatic heterocycles. The molecule has 1 heterocycles. The molecular weight excluding hydrogens is 218 g/mol. The normalized spacial score (nSPS) is 10.2. The van der Waals surface area contributed by atoms with E-state index in [0.717, 1.165) is 16.6 Å². The maximum Gasteiger partial charge on any atom is 0.375 e. The van der Waals surface area contributed by atoms with Crippen molar-refractivity contribution in [2.24, 2.45) is 19.9 Å². The van der Waals surface area contributed by atoms with Gasteiger partial charge in [-0.15, -0.1) is 0 Å². The topological polar surface area (TPSA) is 116 Å². The van der Waals surface area contributed by atoms with Crippen molar-refractivity contribution in [3.05, 3.63) is 31.0 Å². The minimum atomic E-state index is -0.986. The lowest BCUT2D eigenvalue weighted by Gasteiger charge is -2.15. The lowest BCUT2D eigenvalue weighted by Crippen LogP contribution is -2.42. The predicted octanol–water partition coefficient (Wildman–Crippen LogP) is -1.70. The summed E-state index contributed by atoms with van der Waals surface area (Å²) in [6.45, 7) is 0. The maximum absolute atomic E-state index is 11.5. The third-order valence-corrected chi connectivity index (χ3v) is 2.13. The number of nitro groups is 1. The van der Waals surface area contributed by atoms with Crippen molar-refractivity contribution >= 4 is 11.5 Å². The van der Waals surface area contributed by atoms with Crippen LogP contribution < -0.4 is 22.1 Å². The van der Waals surface area contributed by atoms with E-state index in [1.54, 1.807) is 0 Å². The lowest BCUT2D eigenvalue weighted by atomic mass is 10.4. The number of anilines is 1. The Kier molecular flexibility index (Phi) is 2.81. The van der Waals surface area contributed by atoms with Crippen molar-refractivity contribution in [1.29, 1.82) is 0 Å². The smallest absolute Gasteiger partial charge is 0.293 e. The largest absolute Gasteiger partial charge is 0.375 e. The van der Waals surface area contributed by atoms with Gasteiger partial charge in [-0.05, 0) is 0 Å². The molecule has 1 aromatic rings. The number of nitrogens with zero attached hydrogens (tertiary/aromatic N) is 4. The summed E-state index contributed by atoms with van der Waals surface area (Å²) >= 11 is 0. The number of hydrazine groups is 1. The molecule has 0 fully saturated rings. The number of hydrogen-bond acceptors (Lipinski definition) is 6. The van der Waals surface area contributed by atoms with Gasteiger partial charge in [-0.3, -0.25) is 29.1 Å². The molecule has 0 saturated heterocycles. The van der Waals surface area contributed by atoms with Crippen molar-refractivity contribution in [3.63, 3.8) is 0 Å². The van der Waals surface area contributed by atoms with Gasteiger partial charge in [0, 0.05) is 21.1 Å². The second kappa shape index (κ2) is 3.77. The monoisotopic (exact) mass is 229 g/mol. The Morgan fingerprint density at radius 1 is 1.31 bits per heavy atom. The first kappa shape index (κ1) is 11.9. The average Bonchev–Trinajstić information content (AvgIpc) is 2.18. The van der Waals surface area contributed by atoms with Crippen molar-refractivity contribution in [2.75, 3.05) is 12.1 Å². The van der Waals surface area contributed by atoms with Crippen LogP contribution in [0.2, 0.25) is 0 Å². The van der Waals surface area contributed by atoms with E-state index in [1.165, 1.54) is 14.1 Å². The fourth-order valence-electron chi connectivity index (χ4n) is 1.38. The first-order valence-electron chi connectivity index (χ1n) is 4.21. The second-order valence-corrected chi connectivity index (χ2v) is 3.25. The molecule has 0 spiro atoms. The zero-order valence-electron chi connectivity index (χ0n) is 9.00. The van der Waals surface area contributed by atoms with Gasteiger partial charge in [-0.25, -0.2) is 10.6 Å². The first-order chi connectivity index (χ1) is 7.29. The van der Waals surface area contributed by atoms with Gasteiger partial charge in [0.25, 0.3) is 0 Å². The molecule has 0 radical (unpaired) electrons. The summed E-state index contributed by atoms with van der Waals surface area (Å²) in [6, 6.07) is 0. The van der Waals surface area contributed by atoms with Crippen LogP contribution in [0.3, 0.4) is 0 Å². The third kappa shape index (κ3) is 1.56. The zero-order valence-corrected chi connectivity index (χ0v) is 9.00. The molecule has 0 amide bonds. The average molecular weight is 229 g/mol. The second-order valence-electron chi connectivity index (χ2n) is 3.25. The predicted molar refractivity (Wildman–Crippen MR) is 56.2 cm³/mol. The maximum atomic E-state index is 11.5. The number of aromatic nitrogens is 2. The van der Waals surface area contributed by atoms with E-state index in [1.807, 2.05) is 0 Å². The van der Waals surface area contributed by atoms with E-state index in [-0.39, 0.29) is 5.82 Å². The Morgan fingerprint density at radius 3 is 2.19 bits per heavy atom. The highest BCUT2D eigenvalue weighted by atomic mass is 16.6. The van der Waals surface area contributed by atoms with Crippen molar-refractivity contribution in [3.8, 4) is 0 Å². The Balaban J connectivity index is 3.92. The highest BCUT2D eigenvalue weighted by Gasteiger charge is 2.27. The number of nitrogens with two attached hydrogens (primary N) is 1. The molecule has 0 atom stereocenters. The lowest BCUT2D eigenvalue weighted by molar-refractivity contribution is -0.386. The zero-order chi connectivity index (χ0) is 12.6. The van der Waals surface area contributed by atoms with E-state index in [2.05, 4.69) is 0 Å². The number of rotatable bonds is 2. The van der Waals surface area contributed by atoms with Gasteiger partial charge in [0.2, 0.25) is 5.82 Å². The summed E-state index contributed by atoms with van der Waals surface area (Å²) in [5.74, 6) is 5.12. The Morgan fingerprint density at radius 2 is 1.81 bits per heavy atom. The minimum absolute atomic E-state index is 0.238. The quantitative estimate of drug-likeness (QED) is 0.367. The van der Waals surface area contributed by atoms with E-state index >= 15 is 0 Å². The van der Waals surface area contributed by atoms with Crippen LogP contribution in [-0.2, 0) is 14.1 Å². The molecule has 2 N–H and O–H groups in total. The van der Waals surface area contributed by atoms with Crippen LogP contribution >= 0.6 is 0 Å².